The van der Waals surface area contributed by atoms with Crippen molar-refractivity contribution in [3.63, 3.8) is 0 Å². The standard InChI is InChI=1S/C10H9ClINOS/c11-3-1-2-10-13-5-8(14-10)7-4-9(12)15-6-7/h4-6H,1-3H2. The van der Waals surface area contributed by atoms with Gasteiger partial charge in [0, 0.05) is 23.2 Å². The van der Waals surface area contributed by atoms with Crippen LogP contribution in [0, 0.1) is 2.88 Å². The van der Waals surface area contributed by atoms with Gasteiger partial charge in [-0.3, -0.25) is 0 Å². The summed E-state index contributed by atoms with van der Waals surface area (Å²) in [6.45, 7) is 0. The predicted molar refractivity (Wildman–Crippen MR) is 71.6 cm³/mol. The van der Waals surface area contributed by atoms with Crippen LogP contribution in [-0.2, 0) is 6.42 Å². The third kappa shape index (κ3) is 2.95. The molecule has 2 heterocycles. The summed E-state index contributed by atoms with van der Waals surface area (Å²) in [7, 11) is 0. The first-order valence-electron chi connectivity index (χ1n) is 4.54. The van der Waals surface area contributed by atoms with Crippen LogP contribution in [0.3, 0.4) is 0 Å². The molecule has 0 aliphatic heterocycles. The summed E-state index contributed by atoms with van der Waals surface area (Å²) >= 11 is 9.61. The van der Waals surface area contributed by atoms with Crippen LogP contribution >= 0.6 is 45.5 Å². The van der Waals surface area contributed by atoms with Gasteiger partial charge in [0.1, 0.15) is 0 Å². The van der Waals surface area contributed by atoms with Crippen LogP contribution in [0.2, 0.25) is 0 Å². The van der Waals surface area contributed by atoms with Crippen LogP contribution in [0.4, 0.5) is 0 Å². The number of oxazole rings is 1. The van der Waals surface area contributed by atoms with Crippen LogP contribution < -0.4 is 0 Å². The Bertz CT molecular complexity index is 440. The van der Waals surface area contributed by atoms with Gasteiger partial charge >= 0.3 is 0 Å². The summed E-state index contributed by atoms with van der Waals surface area (Å²) in [5.74, 6) is 2.26. The number of alkyl halides is 1. The molecule has 2 aromatic heterocycles. The number of thiophene rings is 1. The molecule has 0 aliphatic carbocycles. The van der Waals surface area contributed by atoms with Gasteiger partial charge in [0.05, 0.1) is 9.08 Å². The van der Waals surface area contributed by atoms with Crippen molar-refractivity contribution in [3.8, 4) is 11.3 Å². The molecule has 0 unspecified atom stereocenters. The quantitative estimate of drug-likeness (QED) is 0.609. The van der Waals surface area contributed by atoms with Gasteiger partial charge in [-0.1, -0.05) is 0 Å². The summed E-state index contributed by atoms with van der Waals surface area (Å²) < 4.78 is 6.87. The zero-order valence-electron chi connectivity index (χ0n) is 7.87. The second kappa shape index (κ2) is 5.32. The average molecular weight is 354 g/mol. The first-order valence-corrected chi connectivity index (χ1v) is 7.04. The van der Waals surface area contributed by atoms with Crippen LogP contribution in [0.1, 0.15) is 12.3 Å². The Hall–Kier alpha value is -0.0700. The molecule has 80 valence electrons. The van der Waals surface area contributed by atoms with Gasteiger partial charge in [-0.15, -0.1) is 22.9 Å². The second-order valence-corrected chi connectivity index (χ2v) is 6.23. The van der Waals surface area contributed by atoms with E-state index in [0.29, 0.717) is 5.88 Å². The lowest BCUT2D eigenvalue weighted by molar-refractivity contribution is 0.503. The normalized spacial score (nSPS) is 10.8. The van der Waals surface area contributed by atoms with Crippen molar-refractivity contribution in [2.45, 2.75) is 12.8 Å². The molecule has 0 aliphatic rings. The monoisotopic (exact) mass is 353 g/mol. The number of aromatic nitrogens is 1. The Balaban J connectivity index is 2.13. The minimum Gasteiger partial charge on any atom is -0.441 e. The number of halogens is 2. The van der Waals surface area contributed by atoms with E-state index in [9.17, 15) is 0 Å². The van der Waals surface area contributed by atoms with Gasteiger partial charge in [0.25, 0.3) is 0 Å². The van der Waals surface area contributed by atoms with E-state index < -0.39 is 0 Å². The number of rotatable bonds is 4. The molecule has 0 saturated carbocycles. The molecule has 0 radical (unpaired) electrons. The SMILES string of the molecule is ClCCCc1ncc(-c2csc(I)c2)o1. The largest absolute Gasteiger partial charge is 0.441 e. The van der Waals surface area contributed by atoms with E-state index in [4.69, 9.17) is 16.0 Å². The van der Waals surface area contributed by atoms with Gasteiger partial charge in [0.2, 0.25) is 0 Å². The molecule has 0 N–H and O–H groups in total. The van der Waals surface area contributed by atoms with Gasteiger partial charge in [-0.05, 0) is 35.1 Å². The van der Waals surface area contributed by atoms with E-state index >= 15 is 0 Å². The fourth-order valence-electron chi connectivity index (χ4n) is 1.22. The summed E-state index contributed by atoms with van der Waals surface area (Å²) in [5, 5.41) is 2.08. The Morgan fingerprint density at radius 3 is 3.07 bits per heavy atom. The van der Waals surface area contributed by atoms with E-state index in [1.165, 1.54) is 2.88 Å². The molecule has 0 saturated heterocycles. The third-order valence-electron chi connectivity index (χ3n) is 1.93. The van der Waals surface area contributed by atoms with Crippen molar-refractivity contribution in [1.29, 1.82) is 0 Å². The molecular formula is C10H9ClINOS. The topological polar surface area (TPSA) is 26.0 Å². The molecule has 0 fully saturated rings. The third-order valence-corrected chi connectivity index (χ3v) is 3.99. The lowest BCUT2D eigenvalue weighted by Gasteiger charge is -1.91. The van der Waals surface area contributed by atoms with Crippen LogP contribution in [0.15, 0.2) is 22.1 Å². The smallest absolute Gasteiger partial charge is 0.194 e. The highest BCUT2D eigenvalue weighted by Gasteiger charge is 2.07. The van der Waals surface area contributed by atoms with Crippen LogP contribution in [0.5, 0.6) is 0 Å². The van der Waals surface area contributed by atoms with Crippen molar-refractivity contribution in [2.75, 3.05) is 5.88 Å². The number of aryl methyl sites for hydroxylation is 1. The summed E-state index contributed by atoms with van der Waals surface area (Å²) in [5.41, 5.74) is 1.11. The lowest BCUT2D eigenvalue weighted by Crippen LogP contribution is -1.84. The summed E-state index contributed by atoms with van der Waals surface area (Å²) in [6, 6.07) is 2.09. The highest BCUT2D eigenvalue weighted by molar-refractivity contribution is 14.1. The van der Waals surface area contributed by atoms with E-state index in [1.807, 2.05) is 0 Å². The van der Waals surface area contributed by atoms with Crippen LogP contribution in [0.25, 0.3) is 11.3 Å². The van der Waals surface area contributed by atoms with E-state index in [1.54, 1.807) is 17.5 Å². The van der Waals surface area contributed by atoms with E-state index in [2.05, 4.69) is 39.0 Å². The highest BCUT2D eigenvalue weighted by Crippen LogP contribution is 2.27. The zero-order chi connectivity index (χ0) is 10.7. The first-order chi connectivity index (χ1) is 7.29. The Morgan fingerprint density at radius 2 is 2.40 bits per heavy atom. The number of hydrogen-bond donors (Lipinski definition) is 0. The molecule has 0 amide bonds. The molecule has 0 atom stereocenters. The molecular weight excluding hydrogens is 345 g/mol. The molecule has 0 bridgehead atoms. The molecule has 5 heteroatoms. The molecule has 0 spiro atoms. The van der Waals surface area contributed by atoms with E-state index in [0.717, 1.165) is 30.1 Å². The van der Waals surface area contributed by atoms with Crippen molar-refractivity contribution in [1.82, 2.24) is 4.98 Å². The van der Waals surface area contributed by atoms with Gasteiger partial charge in [-0.2, -0.15) is 0 Å². The fraction of sp³-hybridized carbons (Fsp3) is 0.300. The predicted octanol–water partition coefficient (Wildman–Crippen LogP) is 4.18. The maximum absolute atomic E-state index is 5.62. The number of hydrogen-bond acceptors (Lipinski definition) is 3. The maximum Gasteiger partial charge on any atom is 0.194 e. The van der Waals surface area contributed by atoms with Gasteiger partial charge in [0.15, 0.2) is 11.7 Å². The zero-order valence-corrected chi connectivity index (χ0v) is 11.6. The van der Waals surface area contributed by atoms with Crippen molar-refractivity contribution < 1.29 is 4.42 Å². The Labute approximate surface area is 111 Å². The molecule has 15 heavy (non-hydrogen) atoms. The van der Waals surface area contributed by atoms with Crippen LogP contribution in [-0.4, -0.2) is 10.9 Å². The maximum atomic E-state index is 5.62. The molecule has 2 nitrogen and oxygen atoms in total. The van der Waals surface area contributed by atoms with Crippen molar-refractivity contribution in [2.24, 2.45) is 0 Å². The second-order valence-electron chi connectivity index (χ2n) is 3.05. The minimum absolute atomic E-state index is 0.647. The lowest BCUT2D eigenvalue weighted by atomic mass is 10.3. The Morgan fingerprint density at radius 1 is 1.53 bits per heavy atom. The molecule has 2 aromatic rings. The van der Waals surface area contributed by atoms with Crippen molar-refractivity contribution >= 4 is 45.5 Å². The molecule has 0 aromatic carbocycles. The number of nitrogens with zero attached hydrogens (tertiary/aromatic N) is 1. The van der Waals surface area contributed by atoms with Crippen molar-refractivity contribution in [3.05, 3.63) is 26.4 Å². The summed E-state index contributed by atoms with van der Waals surface area (Å²) in [4.78, 5) is 4.22. The highest BCUT2D eigenvalue weighted by atomic mass is 127. The van der Waals surface area contributed by atoms with Gasteiger partial charge in [-0.25, -0.2) is 4.98 Å². The first kappa shape index (κ1) is 11.4. The summed E-state index contributed by atoms with van der Waals surface area (Å²) in [6.07, 6.45) is 3.50. The van der Waals surface area contributed by atoms with Gasteiger partial charge < -0.3 is 4.42 Å². The minimum atomic E-state index is 0.647. The fourth-order valence-corrected chi connectivity index (χ4v) is 2.69. The molecule has 2 rings (SSSR count). The average Bonchev–Trinajstić information content (AvgIpc) is 2.83. The van der Waals surface area contributed by atoms with E-state index in [-0.39, 0.29) is 0 Å². The Kier molecular flexibility index (Phi) is 4.05.